The number of aryl methyl sites for hydroxylation is 1. The summed E-state index contributed by atoms with van der Waals surface area (Å²) in [7, 11) is 0. The monoisotopic (exact) mass is 453 g/mol. The number of benzene rings is 1. The van der Waals surface area contributed by atoms with Crippen LogP contribution in [0.15, 0.2) is 30.3 Å². The summed E-state index contributed by atoms with van der Waals surface area (Å²) in [4.78, 5) is 40.8. The average Bonchev–Trinajstić information content (AvgIpc) is 3.45. The minimum atomic E-state index is -1.18. The number of hydrogen-bond acceptors (Lipinski definition) is 6. The summed E-state index contributed by atoms with van der Waals surface area (Å²) >= 11 is 1.19. The van der Waals surface area contributed by atoms with Crippen molar-refractivity contribution >= 4 is 40.4 Å². The number of nitrogens with one attached hydrogen (secondary N) is 2. The van der Waals surface area contributed by atoms with Gasteiger partial charge < -0.3 is 25.0 Å². The quantitative estimate of drug-likeness (QED) is 0.675. The summed E-state index contributed by atoms with van der Waals surface area (Å²) in [5.41, 5.74) is 1.03. The predicted molar refractivity (Wildman–Crippen MR) is 121 cm³/mol. The molecule has 1 aromatic heterocycles. The van der Waals surface area contributed by atoms with Crippen LogP contribution in [0.5, 0.6) is 0 Å². The van der Waals surface area contributed by atoms with E-state index < -0.39 is 5.54 Å². The topological polar surface area (TPSA) is 97.0 Å². The highest BCUT2D eigenvalue weighted by Gasteiger charge is 2.44. The van der Waals surface area contributed by atoms with Gasteiger partial charge in [-0.15, -0.1) is 17.8 Å². The molecule has 0 radical (unpaired) electrons. The lowest BCUT2D eigenvalue weighted by Crippen LogP contribution is -2.57. The van der Waals surface area contributed by atoms with E-state index in [4.69, 9.17) is 15.9 Å². The number of carbonyl (C=O) groups excluding carboxylic acids is 3. The SMILES string of the molecule is C#Cc1ccc(C(=O)N[C@@]2(C(=O)Nc3ccc(N4CCOCC4=O)c(C)c3)CCOC2)s1. The van der Waals surface area contributed by atoms with Crippen molar-refractivity contribution in [1.82, 2.24) is 5.32 Å². The van der Waals surface area contributed by atoms with Crippen LogP contribution >= 0.6 is 11.3 Å². The van der Waals surface area contributed by atoms with Gasteiger partial charge in [-0.3, -0.25) is 14.4 Å². The molecule has 1 aromatic carbocycles. The first-order chi connectivity index (χ1) is 15.4. The van der Waals surface area contributed by atoms with Crippen LogP contribution in [-0.2, 0) is 19.1 Å². The molecule has 1 atom stereocenters. The molecule has 3 heterocycles. The number of nitrogens with zero attached hydrogens (tertiary/aromatic N) is 1. The van der Waals surface area contributed by atoms with E-state index in [1.54, 1.807) is 35.2 Å². The van der Waals surface area contributed by atoms with Gasteiger partial charge in [0.15, 0.2) is 0 Å². The number of terminal acetylenes is 1. The third-order valence-electron chi connectivity index (χ3n) is 5.51. The summed E-state index contributed by atoms with van der Waals surface area (Å²) in [6.45, 7) is 3.36. The molecule has 8 nitrogen and oxygen atoms in total. The highest BCUT2D eigenvalue weighted by atomic mass is 32.1. The predicted octanol–water partition coefficient (Wildman–Crippen LogP) is 1.93. The molecule has 4 rings (SSSR count). The van der Waals surface area contributed by atoms with Crippen LogP contribution in [0.2, 0.25) is 0 Å². The molecule has 0 bridgehead atoms. The van der Waals surface area contributed by atoms with Gasteiger partial charge in [-0.1, -0.05) is 5.92 Å². The smallest absolute Gasteiger partial charge is 0.262 e. The van der Waals surface area contributed by atoms with E-state index in [9.17, 15) is 14.4 Å². The minimum Gasteiger partial charge on any atom is -0.378 e. The fraction of sp³-hybridized carbons (Fsp3) is 0.348. The lowest BCUT2D eigenvalue weighted by atomic mass is 9.96. The summed E-state index contributed by atoms with van der Waals surface area (Å²) in [5, 5.41) is 5.74. The van der Waals surface area contributed by atoms with Crippen LogP contribution < -0.4 is 15.5 Å². The molecule has 2 aliphatic heterocycles. The molecule has 3 amide bonds. The van der Waals surface area contributed by atoms with E-state index in [0.29, 0.717) is 41.6 Å². The van der Waals surface area contributed by atoms with Gasteiger partial charge in [0, 0.05) is 30.9 Å². The Bertz CT molecular complexity index is 1100. The molecule has 0 aliphatic carbocycles. The molecule has 2 saturated heterocycles. The molecule has 0 unspecified atom stereocenters. The van der Waals surface area contributed by atoms with Crippen LogP contribution in [0, 0.1) is 19.3 Å². The van der Waals surface area contributed by atoms with Gasteiger partial charge in [0.1, 0.15) is 12.1 Å². The molecule has 2 N–H and O–H groups in total. The third-order valence-corrected chi connectivity index (χ3v) is 6.53. The number of morpholine rings is 1. The Morgan fingerprint density at radius 3 is 2.72 bits per heavy atom. The van der Waals surface area contributed by atoms with E-state index in [-0.39, 0.29) is 30.9 Å². The standard InChI is InChI=1S/C23H23N3O5S/c1-3-17-5-7-19(32-17)21(28)25-23(8-10-31-14-23)22(29)24-16-4-6-18(15(2)12-16)26-9-11-30-13-20(26)27/h1,4-7,12H,8-11,13-14H2,2H3,(H,24,29)(H,25,28)/t23-/m0/s1. The molecule has 9 heteroatoms. The van der Waals surface area contributed by atoms with Crippen molar-refractivity contribution in [2.24, 2.45) is 0 Å². The number of anilines is 2. The van der Waals surface area contributed by atoms with Gasteiger partial charge >= 0.3 is 0 Å². The van der Waals surface area contributed by atoms with Crippen molar-refractivity contribution in [1.29, 1.82) is 0 Å². The van der Waals surface area contributed by atoms with Crippen molar-refractivity contribution in [2.75, 3.05) is 43.2 Å². The van der Waals surface area contributed by atoms with Gasteiger partial charge in [-0.25, -0.2) is 0 Å². The Kier molecular flexibility index (Phi) is 6.28. The second-order valence-corrected chi connectivity index (χ2v) is 8.78. The van der Waals surface area contributed by atoms with Gasteiger partial charge in [0.05, 0.1) is 23.0 Å². The maximum atomic E-state index is 13.2. The molecular weight excluding hydrogens is 430 g/mol. The maximum Gasteiger partial charge on any atom is 0.262 e. The van der Waals surface area contributed by atoms with Crippen molar-refractivity contribution in [3.8, 4) is 12.3 Å². The lowest BCUT2D eigenvalue weighted by Gasteiger charge is -2.29. The van der Waals surface area contributed by atoms with E-state index in [0.717, 1.165) is 11.3 Å². The van der Waals surface area contributed by atoms with Crippen LogP contribution in [0.3, 0.4) is 0 Å². The fourth-order valence-corrected chi connectivity index (χ4v) is 4.49. The number of carbonyl (C=O) groups is 3. The highest BCUT2D eigenvalue weighted by Crippen LogP contribution is 2.27. The number of rotatable bonds is 5. The fourth-order valence-electron chi connectivity index (χ4n) is 3.78. The second-order valence-electron chi connectivity index (χ2n) is 7.70. The van der Waals surface area contributed by atoms with Crippen LogP contribution in [0.25, 0.3) is 0 Å². The second kappa shape index (κ2) is 9.12. The van der Waals surface area contributed by atoms with Crippen LogP contribution in [0.1, 0.15) is 26.5 Å². The van der Waals surface area contributed by atoms with Crippen molar-refractivity contribution in [3.05, 3.63) is 45.6 Å². The molecule has 2 aliphatic rings. The minimum absolute atomic E-state index is 0.0627. The Morgan fingerprint density at radius 1 is 1.22 bits per heavy atom. The van der Waals surface area contributed by atoms with Crippen molar-refractivity contribution < 1.29 is 23.9 Å². The largest absolute Gasteiger partial charge is 0.378 e. The molecule has 2 aromatic rings. The Morgan fingerprint density at radius 2 is 2.06 bits per heavy atom. The normalized spacial score (nSPS) is 20.6. The van der Waals surface area contributed by atoms with Gasteiger partial charge in [-0.05, 0) is 42.8 Å². The van der Waals surface area contributed by atoms with E-state index in [1.807, 2.05) is 6.92 Å². The average molecular weight is 454 g/mol. The summed E-state index contributed by atoms with van der Waals surface area (Å²) < 4.78 is 10.6. The molecule has 32 heavy (non-hydrogen) atoms. The number of thiophene rings is 1. The van der Waals surface area contributed by atoms with Gasteiger partial charge in [-0.2, -0.15) is 0 Å². The number of ether oxygens (including phenoxy) is 2. The maximum absolute atomic E-state index is 13.2. The van der Waals surface area contributed by atoms with Crippen LogP contribution in [-0.4, -0.2) is 56.2 Å². The molecule has 0 spiro atoms. The number of hydrogen-bond donors (Lipinski definition) is 2. The number of amides is 3. The third kappa shape index (κ3) is 4.39. The Balaban J connectivity index is 1.49. The van der Waals surface area contributed by atoms with Gasteiger partial charge in [0.2, 0.25) is 0 Å². The first-order valence-corrected chi connectivity index (χ1v) is 11.0. The zero-order chi connectivity index (χ0) is 22.7. The van der Waals surface area contributed by atoms with E-state index in [1.165, 1.54) is 11.3 Å². The molecular formula is C23H23N3O5S. The Hall–Kier alpha value is -3.19. The summed E-state index contributed by atoms with van der Waals surface area (Å²) in [6, 6.07) is 8.69. The summed E-state index contributed by atoms with van der Waals surface area (Å²) in [6.07, 6.45) is 5.74. The van der Waals surface area contributed by atoms with E-state index >= 15 is 0 Å². The molecule has 166 valence electrons. The van der Waals surface area contributed by atoms with Crippen molar-refractivity contribution in [3.63, 3.8) is 0 Å². The van der Waals surface area contributed by atoms with Gasteiger partial charge in [0.25, 0.3) is 17.7 Å². The molecule has 2 fully saturated rings. The zero-order valence-corrected chi connectivity index (χ0v) is 18.4. The molecule has 0 saturated carbocycles. The first-order valence-electron chi connectivity index (χ1n) is 10.2. The van der Waals surface area contributed by atoms with Crippen LogP contribution in [0.4, 0.5) is 11.4 Å². The lowest BCUT2D eigenvalue weighted by molar-refractivity contribution is -0.125. The van der Waals surface area contributed by atoms with E-state index in [2.05, 4.69) is 16.6 Å². The summed E-state index contributed by atoms with van der Waals surface area (Å²) in [5.74, 6) is 1.68. The first kappa shape index (κ1) is 22.0. The zero-order valence-electron chi connectivity index (χ0n) is 17.6. The van der Waals surface area contributed by atoms with Crippen molar-refractivity contribution in [2.45, 2.75) is 18.9 Å². The highest BCUT2D eigenvalue weighted by molar-refractivity contribution is 7.14. The Labute approximate surface area is 189 Å².